The summed E-state index contributed by atoms with van der Waals surface area (Å²) in [6.07, 6.45) is 38.2. The average molecular weight is 1010 g/mol. The molecule has 14 nitrogen and oxygen atoms in total. The molecule has 410 valence electrons. The standard InChI is InChI=1S/C57H98O14/c1-3-5-7-9-11-13-15-17-18-19-20-21-22-23-24-25-26-27-28-29-30-32-34-36-38-40-49(59)69-46(43-66-41-39-37-35-33-31-16-14-12-10-8-6-4-2)44-67-56-55(65)53(63)51(61)48(71-56)45-68-57-54(64)52(62)50(60)47(42-58)70-57/h5,7,11,13,17-18,20-21,23-24,26-27,46-48,50-58,60-65H,3-4,6,8-10,12,14-16,19,22,25,28-45H2,1-2H3/b7-5-,13-11-,18-17-,21-20-,24-23-,27-26-. The summed E-state index contributed by atoms with van der Waals surface area (Å²) in [5, 5.41) is 72.2. The number of unbranched alkanes of at least 4 members (excludes halogenated alkanes) is 17. The Morgan fingerprint density at radius 3 is 1.44 bits per heavy atom. The predicted octanol–water partition coefficient (Wildman–Crippen LogP) is 9.08. The molecule has 2 rings (SSSR count). The Kier molecular flexibility index (Phi) is 39.8. The normalized spacial score (nSPS) is 25.9. The van der Waals surface area contributed by atoms with Crippen molar-refractivity contribution in [2.75, 3.05) is 33.0 Å². The van der Waals surface area contributed by atoms with E-state index in [0.717, 1.165) is 96.3 Å². The first kappa shape index (κ1) is 64.5. The van der Waals surface area contributed by atoms with Gasteiger partial charge in [-0.15, -0.1) is 0 Å². The summed E-state index contributed by atoms with van der Waals surface area (Å²) >= 11 is 0. The van der Waals surface area contributed by atoms with E-state index in [1.807, 2.05) is 0 Å². The van der Waals surface area contributed by atoms with Gasteiger partial charge in [-0.2, -0.15) is 0 Å². The van der Waals surface area contributed by atoms with Gasteiger partial charge in [-0.05, 0) is 64.2 Å². The highest BCUT2D eigenvalue weighted by Crippen LogP contribution is 2.26. The molecule has 0 aromatic carbocycles. The van der Waals surface area contributed by atoms with Crippen molar-refractivity contribution in [2.45, 2.75) is 248 Å². The maximum Gasteiger partial charge on any atom is 0.306 e. The Bertz CT molecular complexity index is 1450. The fraction of sp³-hybridized carbons (Fsp3) is 0.772. The molecule has 2 heterocycles. The molecule has 0 spiro atoms. The molecular weight excluding hydrogens is 909 g/mol. The van der Waals surface area contributed by atoms with Crippen molar-refractivity contribution in [3.05, 3.63) is 72.9 Å². The van der Waals surface area contributed by atoms with E-state index in [-0.39, 0.29) is 19.6 Å². The molecule has 0 radical (unpaired) electrons. The Morgan fingerprint density at radius 1 is 0.479 bits per heavy atom. The van der Waals surface area contributed by atoms with Crippen molar-refractivity contribution < 1.29 is 69.0 Å². The van der Waals surface area contributed by atoms with Gasteiger partial charge in [-0.1, -0.05) is 183 Å². The molecule has 0 amide bonds. The average Bonchev–Trinajstić information content (AvgIpc) is 3.37. The number of hydrogen-bond donors (Lipinski definition) is 7. The number of hydrogen-bond acceptors (Lipinski definition) is 14. The van der Waals surface area contributed by atoms with Crippen LogP contribution in [0.15, 0.2) is 72.9 Å². The van der Waals surface area contributed by atoms with E-state index >= 15 is 0 Å². The third-order valence-corrected chi connectivity index (χ3v) is 12.7. The minimum atomic E-state index is -1.71. The highest BCUT2D eigenvalue weighted by molar-refractivity contribution is 5.69. The van der Waals surface area contributed by atoms with Crippen LogP contribution in [0, 0.1) is 0 Å². The third-order valence-electron chi connectivity index (χ3n) is 12.7. The second-order valence-corrected chi connectivity index (χ2v) is 19.0. The highest BCUT2D eigenvalue weighted by atomic mass is 16.7. The number of carbonyl (C=O) groups excluding carboxylic acids is 1. The summed E-state index contributed by atoms with van der Waals surface area (Å²) in [5.74, 6) is -0.392. The van der Waals surface area contributed by atoms with E-state index in [1.54, 1.807) is 0 Å². The lowest BCUT2D eigenvalue weighted by molar-refractivity contribution is -0.332. The fourth-order valence-electron chi connectivity index (χ4n) is 8.29. The van der Waals surface area contributed by atoms with Crippen LogP contribution in [0.5, 0.6) is 0 Å². The number of allylic oxidation sites excluding steroid dienone is 12. The molecule has 11 atom stereocenters. The second kappa shape index (κ2) is 43.8. The number of ether oxygens (including phenoxy) is 6. The lowest BCUT2D eigenvalue weighted by atomic mass is 9.98. The van der Waals surface area contributed by atoms with E-state index < -0.39 is 86.7 Å². The minimum Gasteiger partial charge on any atom is -0.457 e. The summed E-state index contributed by atoms with van der Waals surface area (Å²) in [6.45, 7) is 3.55. The lowest BCUT2D eigenvalue weighted by Gasteiger charge is -2.42. The zero-order valence-electron chi connectivity index (χ0n) is 43.7. The Balaban J connectivity index is 1.72. The topological polar surface area (TPSA) is 214 Å². The molecule has 71 heavy (non-hydrogen) atoms. The van der Waals surface area contributed by atoms with Gasteiger partial charge < -0.3 is 64.2 Å². The van der Waals surface area contributed by atoms with Crippen LogP contribution in [0.25, 0.3) is 0 Å². The van der Waals surface area contributed by atoms with Crippen molar-refractivity contribution in [1.82, 2.24) is 0 Å². The molecule has 2 aliphatic heterocycles. The highest BCUT2D eigenvalue weighted by Gasteiger charge is 2.47. The Labute approximate surface area is 427 Å². The summed E-state index contributed by atoms with van der Waals surface area (Å²) in [4.78, 5) is 13.0. The van der Waals surface area contributed by atoms with Gasteiger partial charge in [0.25, 0.3) is 0 Å². The molecule has 2 saturated heterocycles. The van der Waals surface area contributed by atoms with E-state index in [2.05, 4.69) is 86.8 Å². The van der Waals surface area contributed by atoms with Crippen molar-refractivity contribution in [1.29, 1.82) is 0 Å². The zero-order chi connectivity index (χ0) is 51.6. The molecule has 7 N–H and O–H groups in total. The third kappa shape index (κ3) is 31.0. The second-order valence-electron chi connectivity index (χ2n) is 19.0. The first-order valence-electron chi connectivity index (χ1n) is 27.5. The Morgan fingerprint density at radius 2 is 0.915 bits per heavy atom. The van der Waals surface area contributed by atoms with E-state index in [1.165, 1.54) is 57.8 Å². The van der Waals surface area contributed by atoms with Crippen LogP contribution in [0.3, 0.4) is 0 Å². The van der Waals surface area contributed by atoms with Crippen molar-refractivity contribution in [2.24, 2.45) is 0 Å². The van der Waals surface area contributed by atoms with Crippen LogP contribution in [0.1, 0.15) is 181 Å². The minimum absolute atomic E-state index is 0.0537. The summed E-state index contributed by atoms with van der Waals surface area (Å²) in [7, 11) is 0. The van der Waals surface area contributed by atoms with Gasteiger partial charge in [-0.3, -0.25) is 4.79 Å². The van der Waals surface area contributed by atoms with Crippen LogP contribution in [0.2, 0.25) is 0 Å². The van der Waals surface area contributed by atoms with Crippen LogP contribution in [-0.4, -0.2) is 142 Å². The number of aliphatic hydroxyl groups excluding tert-OH is 7. The Hall–Kier alpha value is -2.57. The molecule has 14 heteroatoms. The monoisotopic (exact) mass is 1010 g/mol. The van der Waals surface area contributed by atoms with Crippen molar-refractivity contribution in [3.63, 3.8) is 0 Å². The van der Waals surface area contributed by atoms with Gasteiger partial charge in [0.2, 0.25) is 0 Å². The SMILES string of the molecule is CC/C=C\C/C=C\C/C=C\C/C=C\C/C=C\C/C=C\CCCCCCCCC(=O)OC(COCCCCCCCCCCCCCC)COC1OC(COC2OC(CO)C(O)C(O)C2O)C(O)C(O)C1O. The molecule has 11 unspecified atom stereocenters. The number of esters is 1. The maximum absolute atomic E-state index is 13.0. The molecule has 2 aliphatic rings. The van der Waals surface area contributed by atoms with Gasteiger partial charge in [-0.25, -0.2) is 0 Å². The quantitative estimate of drug-likeness (QED) is 0.0173. The fourth-order valence-corrected chi connectivity index (χ4v) is 8.29. The molecule has 2 fully saturated rings. The molecule has 0 aliphatic carbocycles. The predicted molar refractivity (Wildman–Crippen MR) is 279 cm³/mol. The molecule has 0 aromatic rings. The molecule has 0 saturated carbocycles. The van der Waals surface area contributed by atoms with Crippen LogP contribution in [0.4, 0.5) is 0 Å². The number of carbonyl (C=O) groups is 1. The van der Waals surface area contributed by atoms with Gasteiger partial charge in [0.15, 0.2) is 12.6 Å². The van der Waals surface area contributed by atoms with Gasteiger partial charge >= 0.3 is 5.97 Å². The zero-order valence-corrected chi connectivity index (χ0v) is 43.7. The molecule has 0 bridgehead atoms. The van der Waals surface area contributed by atoms with Crippen molar-refractivity contribution in [3.8, 4) is 0 Å². The molecular formula is C57H98O14. The summed E-state index contributed by atoms with van der Waals surface area (Å²) in [5.41, 5.74) is 0. The van der Waals surface area contributed by atoms with E-state index in [9.17, 15) is 40.5 Å². The molecule has 0 aromatic heterocycles. The number of aliphatic hydroxyl groups is 7. The van der Waals surface area contributed by atoms with Gasteiger partial charge in [0.05, 0.1) is 26.4 Å². The van der Waals surface area contributed by atoms with Crippen LogP contribution in [-0.2, 0) is 33.2 Å². The van der Waals surface area contributed by atoms with Crippen LogP contribution >= 0.6 is 0 Å². The first-order chi connectivity index (χ1) is 34.6. The lowest BCUT2D eigenvalue weighted by Crippen LogP contribution is -2.61. The maximum atomic E-state index is 13.0. The first-order valence-corrected chi connectivity index (χ1v) is 27.5. The van der Waals surface area contributed by atoms with Crippen molar-refractivity contribution >= 4 is 5.97 Å². The van der Waals surface area contributed by atoms with E-state index in [4.69, 9.17) is 28.4 Å². The summed E-state index contributed by atoms with van der Waals surface area (Å²) < 4.78 is 34.3. The van der Waals surface area contributed by atoms with Gasteiger partial charge in [0, 0.05) is 13.0 Å². The number of rotatable bonds is 43. The largest absolute Gasteiger partial charge is 0.457 e. The summed E-state index contributed by atoms with van der Waals surface area (Å²) in [6, 6.07) is 0. The van der Waals surface area contributed by atoms with Crippen LogP contribution < -0.4 is 0 Å². The van der Waals surface area contributed by atoms with E-state index in [0.29, 0.717) is 13.0 Å². The smallest absolute Gasteiger partial charge is 0.306 e. The van der Waals surface area contributed by atoms with Gasteiger partial charge in [0.1, 0.15) is 54.9 Å².